The van der Waals surface area contributed by atoms with Crippen molar-refractivity contribution >= 4 is 34.0 Å². The highest BCUT2D eigenvalue weighted by Gasteiger charge is 2.17. The molecule has 140 valence electrons. The van der Waals surface area contributed by atoms with E-state index < -0.39 is 0 Å². The minimum absolute atomic E-state index is 0.333. The predicted molar refractivity (Wildman–Crippen MR) is 108 cm³/mol. The molecule has 0 aliphatic rings. The van der Waals surface area contributed by atoms with Gasteiger partial charge in [0.05, 0.1) is 17.5 Å². The molecule has 0 spiro atoms. The molecule has 4 aromatic rings. The van der Waals surface area contributed by atoms with Gasteiger partial charge in [0.15, 0.2) is 5.13 Å². The SMILES string of the molecule is O=C(Nc1ncc(Cc2ccc(Cl)cc2)s1)c1cn[nH]c1-c1ccc(F)cc1. The molecule has 8 heteroatoms. The van der Waals surface area contributed by atoms with Crippen molar-refractivity contribution in [2.45, 2.75) is 6.42 Å². The molecule has 2 aromatic carbocycles. The molecule has 0 saturated heterocycles. The zero-order valence-electron chi connectivity index (χ0n) is 14.4. The molecule has 2 N–H and O–H groups in total. The van der Waals surface area contributed by atoms with Crippen LogP contribution in [0.2, 0.25) is 5.02 Å². The third-order valence-electron chi connectivity index (χ3n) is 4.08. The Kier molecular flexibility index (Phi) is 5.18. The molecule has 2 heterocycles. The zero-order valence-corrected chi connectivity index (χ0v) is 16.0. The number of H-pyrrole nitrogens is 1. The summed E-state index contributed by atoms with van der Waals surface area (Å²) in [7, 11) is 0. The third-order valence-corrected chi connectivity index (χ3v) is 5.25. The van der Waals surface area contributed by atoms with Gasteiger partial charge in [0.1, 0.15) is 5.82 Å². The van der Waals surface area contributed by atoms with Crippen LogP contribution in [-0.2, 0) is 6.42 Å². The Bertz CT molecular complexity index is 1110. The quantitative estimate of drug-likeness (QED) is 0.475. The molecular weight excluding hydrogens is 399 g/mol. The second-order valence-corrected chi connectivity index (χ2v) is 7.61. The van der Waals surface area contributed by atoms with E-state index in [2.05, 4.69) is 20.5 Å². The van der Waals surface area contributed by atoms with Gasteiger partial charge in [0.2, 0.25) is 0 Å². The lowest BCUT2D eigenvalue weighted by Gasteiger charge is -2.03. The number of hydrogen-bond donors (Lipinski definition) is 2. The van der Waals surface area contributed by atoms with Crippen molar-refractivity contribution in [3.63, 3.8) is 0 Å². The molecule has 0 aliphatic carbocycles. The first-order valence-corrected chi connectivity index (χ1v) is 9.58. The van der Waals surface area contributed by atoms with Gasteiger partial charge in [-0.05, 0) is 42.0 Å². The average Bonchev–Trinajstić information content (AvgIpc) is 3.34. The number of hydrogen-bond acceptors (Lipinski definition) is 4. The molecule has 0 aliphatic heterocycles. The fourth-order valence-electron chi connectivity index (χ4n) is 2.71. The van der Waals surface area contributed by atoms with Crippen LogP contribution in [0.15, 0.2) is 60.9 Å². The fraction of sp³-hybridized carbons (Fsp3) is 0.0500. The number of amides is 1. The van der Waals surface area contributed by atoms with E-state index in [0.717, 1.165) is 10.4 Å². The summed E-state index contributed by atoms with van der Waals surface area (Å²) in [5.41, 5.74) is 2.67. The minimum atomic E-state index is -0.342. The number of anilines is 1. The van der Waals surface area contributed by atoms with Gasteiger partial charge in [-0.25, -0.2) is 9.37 Å². The summed E-state index contributed by atoms with van der Waals surface area (Å²) >= 11 is 7.31. The van der Waals surface area contributed by atoms with Gasteiger partial charge >= 0.3 is 0 Å². The summed E-state index contributed by atoms with van der Waals surface area (Å²) in [5.74, 6) is -0.675. The van der Waals surface area contributed by atoms with Crippen LogP contribution in [0, 0.1) is 5.82 Å². The topological polar surface area (TPSA) is 70.7 Å². The summed E-state index contributed by atoms with van der Waals surface area (Å²) in [6.45, 7) is 0. The van der Waals surface area contributed by atoms with Gasteiger partial charge in [-0.2, -0.15) is 5.10 Å². The Morgan fingerprint density at radius 3 is 2.61 bits per heavy atom. The largest absolute Gasteiger partial charge is 0.298 e. The molecule has 0 bridgehead atoms. The lowest BCUT2D eigenvalue weighted by Crippen LogP contribution is -2.11. The second-order valence-electron chi connectivity index (χ2n) is 6.05. The van der Waals surface area contributed by atoms with Crippen molar-refractivity contribution in [1.82, 2.24) is 15.2 Å². The number of carbonyl (C=O) groups excluding carboxylic acids is 1. The summed E-state index contributed by atoms with van der Waals surface area (Å²) in [6, 6.07) is 13.5. The number of aromatic nitrogens is 3. The molecule has 0 atom stereocenters. The Morgan fingerprint density at radius 2 is 1.86 bits per heavy atom. The first kappa shape index (κ1) is 18.3. The van der Waals surface area contributed by atoms with Gasteiger partial charge in [0, 0.05) is 28.1 Å². The van der Waals surface area contributed by atoms with Crippen LogP contribution in [-0.4, -0.2) is 21.1 Å². The lowest BCUT2D eigenvalue weighted by atomic mass is 10.1. The van der Waals surface area contributed by atoms with E-state index in [4.69, 9.17) is 11.6 Å². The van der Waals surface area contributed by atoms with Gasteiger partial charge in [-0.3, -0.25) is 15.2 Å². The number of aromatic amines is 1. The third kappa shape index (κ3) is 4.11. The number of thiazole rings is 1. The van der Waals surface area contributed by atoms with Crippen LogP contribution in [0.4, 0.5) is 9.52 Å². The molecule has 1 amide bonds. The Hall–Kier alpha value is -3.03. The summed E-state index contributed by atoms with van der Waals surface area (Å²) < 4.78 is 13.1. The maximum absolute atomic E-state index is 13.1. The second kappa shape index (κ2) is 7.92. The average molecular weight is 413 g/mol. The molecule has 0 saturated carbocycles. The van der Waals surface area contributed by atoms with E-state index in [-0.39, 0.29) is 11.7 Å². The van der Waals surface area contributed by atoms with E-state index in [1.54, 1.807) is 18.3 Å². The fourth-order valence-corrected chi connectivity index (χ4v) is 3.68. The Balaban J connectivity index is 1.48. The molecule has 0 fully saturated rings. The van der Waals surface area contributed by atoms with E-state index in [9.17, 15) is 9.18 Å². The van der Waals surface area contributed by atoms with Gasteiger partial charge in [-0.1, -0.05) is 23.7 Å². The predicted octanol–water partition coefficient (Wildman–Crippen LogP) is 5.17. The Labute approximate surface area is 169 Å². The van der Waals surface area contributed by atoms with Gasteiger partial charge in [0.25, 0.3) is 5.91 Å². The summed E-state index contributed by atoms with van der Waals surface area (Å²) in [6.07, 6.45) is 3.89. The first-order chi connectivity index (χ1) is 13.6. The number of rotatable bonds is 5. The van der Waals surface area contributed by atoms with Gasteiger partial charge in [-0.15, -0.1) is 11.3 Å². The van der Waals surface area contributed by atoms with Crippen LogP contribution in [0.5, 0.6) is 0 Å². The van der Waals surface area contributed by atoms with E-state index in [0.29, 0.717) is 33.4 Å². The number of benzene rings is 2. The van der Waals surface area contributed by atoms with Crippen LogP contribution in [0.3, 0.4) is 0 Å². The number of carbonyl (C=O) groups is 1. The maximum atomic E-state index is 13.1. The van der Waals surface area contributed by atoms with Crippen molar-refractivity contribution in [2.75, 3.05) is 5.32 Å². The highest BCUT2D eigenvalue weighted by molar-refractivity contribution is 7.15. The van der Waals surface area contributed by atoms with Crippen molar-refractivity contribution in [3.8, 4) is 11.3 Å². The van der Waals surface area contributed by atoms with Crippen molar-refractivity contribution in [3.05, 3.63) is 87.8 Å². The first-order valence-electron chi connectivity index (χ1n) is 8.38. The molecule has 2 aromatic heterocycles. The lowest BCUT2D eigenvalue weighted by molar-refractivity contribution is 0.102. The zero-order chi connectivity index (χ0) is 19.5. The molecule has 5 nitrogen and oxygen atoms in total. The molecule has 0 unspecified atom stereocenters. The molecular formula is C20H14ClFN4OS. The molecule has 0 radical (unpaired) electrons. The smallest absolute Gasteiger partial charge is 0.261 e. The van der Waals surface area contributed by atoms with Crippen LogP contribution >= 0.6 is 22.9 Å². The van der Waals surface area contributed by atoms with Crippen molar-refractivity contribution in [2.24, 2.45) is 0 Å². The summed E-state index contributed by atoms with van der Waals surface area (Å²) in [5, 5.41) is 10.7. The highest BCUT2D eigenvalue weighted by atomic mass is 35.5. The van der Waals surface area contributed by atoms with Crippen molar-refractivity contribution in [1.29, 1.82) is 0 Å². The summed E-state index contributed by atoms with van der Waals surface area (Å²) in [4.78, 5) is 17.9. The Morgan fingerprint density at radius 1 is 1.11 bits per heavy atom. The number of halogens is 2. The van der Waals surface area contributed by atoms with Crippen molar-refractivity contribution < 1.29 is 9.18 Å². The molecule has 28 heavy (non-hydrogen) atoms. The number of nitrogens with zero attached hydrogens (tertiary/aromatic N) is 2. The monoisotopic (exact) mass is 412 g/mol. The van der Waals surface area contributed by atoms with E-state index >= 15 is 0 Å². The minimum Gasteiger partial charge on any atom is -0.298 e. The highest BCUT2D eigenvalue weighted by Crippen LogP contribution is 2.25. The standard InChI is InChI=1S/C20H14ClFN4OS/c21-14-5-1-12(2-6-14)9-16-10-23-20(28-16)25-19(27)17-11-24-26-18(17)13-3-7-15(22)8-4-13/h1-8,10-11H,9H2,(H,24,26)(H,23,25,27). The van der Waals surface area contributed by atoms with E-state index in [1.807, 2.05) is 24.3 Å². The van der Waals surface area contributed by atoms with Crippen LogP contribution in [0.25, 0.3) is 11.3 Å². The normalized spacial score (nSPS) is 10.8. The van der Waals surface area contributed by atoms with Gasteiger partial charge < -0.3 is 0 Å². The molecule has 4 rings (SSSR count). The number of nitrogens with one attached hydrogen (secondary N) is 2. The van der Waals surface area contributed by atoms with Crippen LogP contribution in [0.1, 0.15) is 20.8 Å². The van der Waals surface area contributed by atoms with Crippen LogP contribution < -0.4 is 5.32 Å². The maximum Gasteiger partial charge on any atom is 0.261 e. The van der Waals surface area contributed by atoms with E-state index in [1.165, 1.54) is 29.7 Å².